The number of carbonyl (C=O) groups excluding carboxylic acids is 1. The van der Waals surface area contributed by atoms with Gasteiger partial charge in [0, 0.05) is 45.8 Å². The first-order chi connectivity index (χ1) is 9.08. The van der Waals surface area contributed by atoms with Crippen molar-refractivity contribution in [1.29, 1.82) is 0 Å². The van der Waals surface area contributed by atoms with Crippen molar-refractivity contribution in [3.8, 4) is 0 Å². The van der Waals surface area contributed by atoms with Crippen molar-refractivity contribution >= 4 is 12.0 Å². The van der Waals surface area contributed by atoms with Gasteiger partial charge in [0.2, 0.25) is 0 Å². The maximum atomic E-state index is 12.2. The molecule has 0 radical (unpaired) electrons. The van der Waals surface area contributed by atoms with E-state index in [1.54, 1.807) is 9.80 Å². The number of hydrogen-bond acceptors (Lipinski definition) is 4. The normalized spacial score (nSPS) is 16.4. The minimum Gasteiger partial charge on any atom is -0.481 e. The highest BCUT2D eigenvalue weighted by molar-refractivity contribution is 5.75. The lowest BCUT2D eigenvalue weighted by molar-refractivity contribution is -0.137. The zero-order chi connectivity index (χ0) is 14.3. The number of aliphatic hydroxyl groups excluding tert-OH is 1. The third-order valence-corrected chi connectivity index (χ3v) is 3.31. The van der Waals surface area contributed by atoms with Gasteiger partial charge in [0.1, 0.15) is 0 Å². The van der Waals surface area contributed by atoms with Crippen molar-refractivity contribution in [2.45, 2.75) is 13.3 Å². The van der Waals surface area contributed by atoms with Gasteiger partial charge in [-0.1, -0.05) is 0 Å². The molecule has 2 amide bonds. The van der Waals surface area contributed by atoms with Crippen molar-refractivity contribution in [2.24, 2.45) is 0 Å². The van der Waals surface area contributed by atoms with E-state index in [0.29, 0.717) is 26.2 Å². The van der Waals surface area contributed by atoms with Gasteiger partial charge in [0.25, 0.3) is 0 Å². The summed E-state index contributed by atoms with van der Waals surface area (Å²) < 4.78 is 0. The summed E-state index contributed by atoms with van der Waals surface area (Å²) in [4.78, 5) is 28.2. The van der Waals surface area contributed by atoms with Crippen LogP contribution in [0.3, 0.4) is 0 Å². The number of piperazine rings is 1. The molecule has 0 atom stereocenters. The first-order valence-corrected chi connectivity index (χ1v) is 6.67. The zero-order valence-electron chi connectivity index (χ0n) is 11.4. The minimum atomic E-state index is -0.890. The molecule has 1 aliphatic heterocycles. The summed E-state index contributed by atoms with van der Waals surface area (Å²) in [5.74, 6) is -0.890. The summed E-state index contributed by atoms with van der Waals surface area (Å²) in [5, 5.41) is 17.5. The third kappa shape index (κ3) is 5.04. The average molecular weight is 273 g/mol. The number of aliphatic carboxylic acids is 1. The molecule has 0 aromatic carbocycles. The Morgan fingerprint density at radius 1 is 1.21 bits per heavy atom. The van der Waals surface area contributed by atoms with Gasteiger partial charge in [0.15, 0.2) is 0 Å². The van der Waals surface area contributed by atoms with Crippen molar-refractivity contribution in [3.63, 3.8) is 0 Å². The minimum absolute atomic E-state index is 0.0238. The summed E-state index contributed by atoms with van der Waals surface area (Å²) in [5.41, 5.74) is 0. The van der Waals surface area contributed by atoms with Gasteiger partial charge in [-0.2, -0.15) is 0 Å². The lowest BCUT2D eigenvalue weighted by Crippen LogP contribution is -2.53. The number of carboxylic acid groups (broad SMARTS) is 1. The monoisotopic (exact) mass is 273 g/mol. The molecule has 1 saturated heterocycles. The van der Waals surface area contributed by atoms with E-state index in [4.69, 9.17) is 10.2 Å². The van der Waals surface area contributed by atoms with Crippen molar-refractivity contribution < 1.29 is 19.8 Å². The topological polar surface area (TPSA) is 84.3 Å². The number of nitrogens with zero attached hydrogens (tertiary/aromatic N) is 3. The smallest absolute Gasteiger partial charge is 0.320 e. The standard InChI is InChI=1S/C12H23N3O4/c1-2-14(4-3-11(17)18)12(19)15-7-5-13(6-8-15)9-10-16/h16H,2-10H2,1H3,(H,17,18). The van der Waals surface area contributed by atoms with Gasteiger partial charge < -0.3 is 20.0 Å². The van der Waals surface area contributed by atoms with E-state index in [-0.39, 0.29) is 25.6 Å². The van der Waals surface area contributed by atoms with Gasteiger partial charge in [0.05, 0.1) is 13.0 Å². The van der Waals surface area contributed by atoms with E-state index in [0.717, 1.165) is 13.1 Å². The van der Waals surface area contributed by atoms with Crippen LogP contribution in [-0.2, 0) is 4.79 Å². The Bertz CT molecular complexity index is 303. The highest BCUT2D eigenvalue weighted by atomic mass is 16.4. The Morgan fingerprint density at radius 2 is 1.84 bits per heavy atom. The Morgan fingerprint density at radius 3 is 2.32 bits per heavy atom. The fourth-order valence-corrected chi connectivity index (χ4v) is 2.12. The van der Waals surface area contributed by atoms with Crippen LogP contribution in [0, 0.1) is 0 Å². The molecule has 1 aliphatic rings. The lowest BCUT2D eigenvalue weighted by Gasteiger charge is -2.37. The average Bonchev–Trinajstić information content (AvgIpc) is 2.40. The van der Waals surface area contributed by atoms with Crippen LogP contribution in [0.4, 0.5) is 4.79 Å². The number of rotatable bonds is 6. The number of urea groups is 1. The number of carbonyl (C=O) groups is 2. The maximum Gasteiger partial charge on any atom is 0.320 e. The summed E-state index contributed by atoms with van der Waals surface area (Å²) in [7, 11) is 0. The fourth-order valence-electron chi connectivity index (χ4n) is 2.12. The molecule has 7 nitrogen and oxygen atoms in total. The predicted molar refractivity (Wildman–Crippen MR) is 70.0 cm³/mol. The van der Waals surface area contributed by atoms with Gasteiger partial charge in [-0.15, -0.1) is 0 Å². The second-order valence-corrected chi connectivity index (χ2v) is 4.56. The van der Waals surface area contributed by atoms with Crippen molar-refractivity contribution in [3.05, 3.63) is 0 Å². The molecule has 1 heterocycles. The van der Waals surface area contributed by atoms with E-state index in [1.807, 2.05) is 6.92 Å². The Kier molecular flexibility index (Phi) is 6.58. The van der Waals surface area contributed by atoms with Crippen LogP contribution in [0.2, 0.25) is 0 Å². The number of carboxylic acids is 1. The van der Waals surface area contributed by atoms with Crippen LogP contribution < -0.4 is 0 Å². The molecule has 110 valence electrons. The summed E-state index contributed by atoms with van der Waals surface area (Å²) in [6, 6.07) is -0.0904. The van der Waals surface area contributed by atoms with Crippen LogP contribution in [0.25, 0.3) is 0 Å². The van der Waals surface area contributed by atoms with Crippen molar-refractivity contribution in [1.82, 2.24) is 14.7 Å². The molecule has 1 fully saturated rings. The van der Waals surface area contributed by atoms with E-state index in [2.05, 4.69) is 4.90 Å². The van der Waals surface area contributed by atoms with E-state index in [1.165, 1.54) is 0 Å². The van der Waals surface area contributed by atoms with Gasteiger partial charge in [-0.25, -0.2) is 4.79 Å². The van der Waals surface area contributed by atoms with Gasteiger partial charge in [-0.05, 0) is 6.92 Å². The predicted octanol–water partition coefficient (Wildman–Crippen LogP) is -0.487. The van der Waals surface area contributed by atoms with Gasteiger partial charge in [-0.3, -0.25) is 9.69 Å². The molecule has 0 saturated carbocycles. The zero-order valence-corrected chi connectivity index (χ0v) is 11.4. The van der Waals surface area contributed by atoms with E-state index < -0.39 is 5.97 Å². The third-order valence-electron chi connectivity index (χ3n) is 3.31. The maximum absolute atomic E-state index is 12.2. The quantitative estimate of drug-likeness (QED) is 0.682. The molecule has 2 N–H and O–H groups in total. The molecular formula is C12H23N3O4. The molecule has 0 bridgehead atoms. The molecule has 0 unspecified atom stereocenters. The molecule has 1 rings (SSSR count). The number of aliphatic hydroxyl groups is 1. The SMILES string of the molecule is CCN(CCC(=O)O)C(=O)N1CCN(CCO)CC1. The highest BCUT2D eigenvalue weighted by Crippen LogP contribution is 2.06. The molecule has 7 heteroatoms. The first kappa shape index (κ1) is 15.7. The molecule has 0 aromatic heterocycles. The summed E-state index contributed by atoms with van der Waals surface area (Å²) in [6.07, 6.45) is -0.0238. The lowest BCUT2D eigenvalue weighted by atomic mass is 10.3. The molecule has 0 aromatic rings. The fraction of sp³-hybridized carbons (Fsp3) is 0.833. The van der Waals surface area contributed by atoms with Crippen LogP contribution in [0.1, 0.15) is 13.3 Å². The van der Waals surface area contributed by atoms with Crippen LogP contribution in [-0.4, -0.2) is 89.3 Å². The Labute approximate surface area is 113 Å². The van der Waals surface area contributed by atoms with Crippen LogP contribution in [0.5, 0.6) is 0 Å². The number of amides is 2. The molecular weight excluding hydrogens is 250 g/mol. The largest absolute Gasteiger partial charge is 0.481 e. The second-order valence-electron chi connectivity index (χ2n) is 4.56. The summed E-state index contributed by atoms with van der Waals surface area (Å²) in [6.45, 7) is 6.15. The van der Waals surface area contributed by atoms with E-state index in [9.17, 15) is 9.59 Å². The molecule has 19 heavy (non-hydrogen) atoms. The Balaban J connectivity index is 2.41. The van der Waals surface area contributed by atoms with Crippen LogP contribution >= 0.6 is 0 Å². The number of β-amino-alcohol motifs (C(OH)–C–C–N with tert-alkyl or cyclic N) is 1. The molecule has 0 spiro atoms. The molecule has 0 aliphatic carbocycles. The van der Waals surface area contributed by atoms with Gasteiger partial charge >= 0.3 is 12.0 Å². The second kappa shape index (κ2) is 7.96. The van der Waals surface area contributed by atoms with Crippen LogP contribution in [0.15, 0.2) is 0 Å². The highest BCUT2D eigenvalue weighted by Gasteiger charge is 2.24. The van der Waals surface area contributed by atoms with E-state index >= 15 is 0 Å². The Hall–Kier alpha value is -1.34. The summed E-state index contributed by atoms with van der Waals surface area (Å²) >= 11 is 0. The first-order valence-electron chi connectivity index (χ1n) is 6.67. The number of hydrogen-bond donors (Lipinski definition) is 2. The van der Waals surface area contributed by atoms with Crippen molar-refractivity contribution in [2.75, 3.05) is 52.4 Å².